The first-order valence-corrected chi connectivity index (χ1v) is 9.09. The molecule has 1 N–H and O–H groups in total. The van der Waals surface area contributed by atoms with Gasteiger partial charge in [0.25, 0.3) is 5.56 Å². The summed E-state index contributed by atoms with van der Waals surface area (Å²) in [6.07, 6.45) is 4.40. The van der Waals surface area contributed by atoms with Crippen LogP contribution in [0.25, 0.3) is 10.2 Å². The summed E-state index contributed by atoms with van der Waals surface area (Å²) in [5.41, 5.74) is 1.07. The second-order valence-corrected chi connectivity index (χ2v) is 7.92. The van der Waals surface area contributed by atoms with E-state index in [1.807, 2.05) is 0 Å². The van der Waals surface area contributed by atoms with Crippen LogP contribution in [-0.4, -0.2) is 15.9 Å². The fraction of sp³-hybridized carbons (Fsp3) is 0.588. The van der Waals surface area contributed by atoms with Gasteiger partial charge in [-0.25, -0.2) is 4.98 Å². The van der Waals surface area contributed by atoms with Crippen molar-refractivity contribution in [2.24, 2.45) is 11.8 Å². The molecule has 2 heterocycles. The van der Waals surface area contributed by atoms with Crippen LogP contribution in [0.1, 0.15) is 55.5 Å². The van der Waals surface area contributed by atoms with Gasteiger partial charge < -0.3 is 9.72 Å². The SMILES string of the molecule is C[C@@H]1CCc2c(sc3nc([C@@H](C)OC(=O)C4CC4)[nH]c(=O)c23)C1. The van der Waals surface area contributed by atoms with E-state index in [0.29, 0.717) is 11.7 Å². The lowest BCUT2D eigenvalue weighted by Gasteiger charge is -2.17. The third-order valence-corrected chi connectivity index (χ3v) is 5.92. The van der Waals surface area contributed by atoms with Crippen LogP contribution in [-0.2, 0) is 22.4 Å². The summed E-state index contributed by atoms with van der Waals surface area (Å²) >= 11 is 1.62. The van der Waals surface area contributed by atoms with Gasteiger partial charge in [-0.05, 0) is 50.5 Å². The van der Waals surface area contributed by atoms with Gasteiger partial charge in [0, 0.05) is 4.88 Å². The van der Waals surface area contributed by atoms with E-state index in [0.717, 1.165) is 42.3 Å². The van der Waals surface area contributed by atoms with Gasteiger partial charge in [0.2, 0.25) is 0 Å². The largest absolute Gasteiger partial charge is 0.454 e. The number of nitrogens with zero attached hydrogens (tertiary/aromatic N) is 1. The second-order valence-electron chi connectivity index (χ2n) is 6.84. The summed E-state index contributed by atoms with van der Waals surface area (Å²) < 4.78 is 5.42. The zero-order valence-electron chi connectivity index (χ0n) is 13.3. The molecule has 1 fully saturated rings. The third kappa shape index (κ3) is 2.69. The molecule has 1 saturated carbocycles. The fourth-order valence-electron chi connectivity index (χ4n) is 3.20. The number of aromatic nitrogens is 2. The Morgan fingerprint density at radius 3 is 2.91 bits per heavy atom. The molecule has 5 nitrogen and oxygen atoms in total. The van der Waals surface area contributed by atoms with Crippen molar-refractivity contribution in [2.45, 2.75) is 52.1 Å². The van der Waals surface area contributed by atoms with E-state index in [9.17, 15) is 9.59 Å². The van der Waals surface area contributed by atoms with Crippen LogP contribution in [0.15, 0.2) is 4.79 Å². The van der Waals surface area contributed by atoms with Crippen LogP contribution in [0.5, 0.6) is 0 Å². The van der Waals surface area contributed by atoms with Crippen molar-refractivity contribution in [3.63, 3.8) is 0 Å². The van der Waals surface area contributed by atoms with Gasteiger partial charge in [-0.15, -0.1) is 11.3 Å². The highest BCUT2D eigenvalue weighted by molar-refractivity contribution is 7.18. The Morgan fingerprint density at radius 2 is 2.17 bits per heavy atom. The molecule has 4 rings (SSSR count). The third-order valence-electron chi connectivity index (χ3n) is 4.77. The molecule has 2 aromatic rings. The number of thiophene rings is 1. The number of esters is 1. The minimum atomic E-state index is -0.516. The van der Waals surface area contributed by atoms with E-state index in [2.05, 4.69) is 16.9 Å². The summed E-state index contributed by atoms with van der Waals surface area (Å²) in [6.45, 7) is 4.01. The van der Waals surface area contributed by atoms with Crippen LogP contribution < -0.4 is 5.56 Å². The lowest BCUT2D eigenvalue weighted by molar-refractivity contribution is -0.150. The van der Waals surface area contributed by atoms with Gasteiger partial charge in [-0.3, -0.25) is 9.59 Å². The quantitative estimate of drug-likeness (QED) is 0.877. The average Bonchev–Trinajstić information content (AvgIpc) is 3.28. The molecule has 122 valence electrons. The lowest BCUT2D eigenvalue weighted by Crippen LogP contribution is -2.18. The first kappa shape index (κ1) is 14.9. The van der Waals surface area contributed by atoms with Gasteiger partial charge >= 0.3 is 5.97 Å². The minimum absolute atomic E-state index is 0.0449. The van der Waals surface area contributed by atoms with Gasteiger partial charge in [0.15, 0.2) is 11.9 Å². The molecule has 0 radical (unpaired) electrons. The molecule has 0 aromatic carbocycles. The summed E-state index contributed by atoms with van der Waals surface area (Å²) in [5.74, 6) is 0.971. The maximum absolute atomic E-state index is 12.5. The standard InChI is InChI=1S/C17H20N2O3S/c1-8-3-6-11-12(7-8)23-16-13(11)15(20)18-14(19-16)9(2)22-17(21)10-4-5-10/h8-10H,3-7H2,1-2H3,(H,18,19,20)/t8-,9-/m1/s1. The number of aromatic amines is 1. The van der Waals surface area contributed by atoms with Crippen molar-refractivity contribution < 1.29 is 9.53 Å². The molecule has 0 spiro atoms. The van der Waals surface area contributed by atoms with Crippen molar-refractivity contribution in [3.8, 4) is 0 Å². The molecular weight excluding hydrogens is 312 g/mol. The predicted molar refractivity (Wildman–Crippen MR) is 88.7 cm³/mol. The molecule has 6 heteroatoms. The van der Waals surface area contributed by atoms with Crippen LogP contribution >= 0.6 is 11.3 Å². The first-order valence-electron chi connectivity index (χ1n) is 8.28. The van der Waals surface area contributed by atoms with E-state index >= 15 is 0 Å². The Balaban J connectivity index is 1.69. The minimum Gasteiger partial charge on any atom is -0.454 e. The van der Waals surface area contributed by atoms with E-state index in [1.54, 1.807) is 18.3 Å². The van der Waals surface area contributed by atoms with Crippen molar-refractivity contribution >= 4 is 27.5 Å². The molecule has 0 aliphatic heterocycles. The van der Waals surface area contributed by atoms with Gasteiger partial charge in [-0.2, -0.15) is 0 Å². The smallest absolute Gasteiger partial charge is 0.309 e. The normalized spacial score (nSPS) is 21.9. The van der Waals surface area contributed by atoms with Crippen molar-refractivity contribution in [1.82, 2.24) is 9.97 Å². The van der Waals surface area contributed by atoms with Crippen molar-refractivity contribution in [1.29, 1.82) is 0 Å². The lowest BCUT2D eigenvalue weighted by atomic mass is 9.89. The van der Waals surface area contributed by atoms with E-state index in [1.165, 1.54) is 10.4 Å². The van der Waals surface area contributed by atoms with E-state index < -0.39 is 6.10 Å². The Labute approximate surface area is 138 Å². The maximum atomic E-state index is 12.5. The number of hydrogen-bond donors (Lipinski definition) is 1. The number of fused-ring (bicyclic) bond motifs is 3. The molecule has 2 aromatic heterocycles. The topological polar surface area (TPSA) is 72.0 Å². The Morgan fingerprint density at radius 1 is 1.39 bits per heavy atom. The number of rotatable bonds is 3. The fourth-order valence-corrected chi connectivity index (χ4v) is 4.59. The predicted octanol–water partition coefficient (Wildman–Crippen LogP) is 3.12. The second kappa shape index (κ2) is 5.44. The van der Waals surface area contributed by atoms with Crippen molar-refractivity contribution in [3.05, 3.63) is 26.6 Å². The number of carbonyl (C=O) groups is 1. The van der Waals surface area contributed by atoms with E-state index in [4.69, 9.17) is 4.74 Å². The molecule has 0 bridgehead atoms. The summed E-state index contributed by atoms with van der Waals surface area (Å²) in [4.78, 5) is 33.8. The summed E-state index contributed by atoms with van der Waals surface area (Å²) in [5, 5.41) is 0.737. The zero-order valence-corrected chi connectivity index (χ0v) is 14.2. The first-order chi connectivity index (χ1) is 11.0. The van der Waals surface area contributed by atoms with Crippen LogP contribution in [0.4, 0.5) is 0 Å². The maximum Gasteiger partial charge on any atom is 0.309 e. The number of ether oxygens (including phenoxy) is 1. The molecule has 2 aliphatic carbocycles. The molecule has 2 atom stereocenters. The molecule has 2 aliphatic rings. The summed E-state index contributed by atoms with van der Waals surface area (Å²) in [7, 11) is 0. The monoisotopic (exact) mass is 332 g/mol. The van der Waals surface area contributed by atoms with Gasteiger partial charge in [0.1, 0.15) is 4.83 Å². The summed E-state index contributed by atoms with van der Waals surface area (Å²) in [6, 6.07) is 0. The highest BCUT2D eigenvalue weighted by atomic mass is 32.1. The highest BCUT2D eigenvalue weighted by Gasteiger charge is 2.33. The molecule has 0 saturated heterocycles. The molecule has 0 unspecified atom stereocenters. The van der Waals surface area contributed by atoms with Gasteiger partial charge in [0.05, 0.1) is 11.3 Å². The van der Waals surface area contributed by atoms with Crippen LogP contribution in [0.3, 0.4) is 0 Å². The highest BCUT2D eigenvalue weighted by Crippen LogP contribution is 2.36. The molecule has 0 amide bonds. The van der Waals surface area contributed by atoms with Crippen molar-refractivity contribution in [2.75, 3.05) is 0 Å². The number of hydrogen-bond acceptors (Lipinski definition) is 5. The molecular formula is C17H20N2O3S. The number of H-pyrrole nitrogens is 1. The number of nitrogens with one attached hydrogen (secondary N) is 1. The zero-order chi connectivity index (χ0) is 16.1. The Hall–Kier alpha value is -1.69. The van der Waals surface area contributed by atoms with Crippen LogP contribution in [0.2, 0.25) is 0 Å². The average molecular weight is 332 g/mol. The van der Waals surface area contributed by atoms with Crippen LogP contribution in [0, 0.1) is 11.8 Å². The van der Waals surface area contributed by atoms with Gasteiger partial charge in [-0.1, -0.05) is 6.92 Å². The Bertz CT molecular complexity index is 834. The Kier molecular flexibility index (Phi) is 3.52. The van der Waals surface area contributed by atoms with E-state index in [-0.39, 0.29) is 17.4 Å². The molecule has 23 heavy (non-hydrogen) atoms. The number of aryl methyl sites for hydroxylation is 1. The number of carbonyl (C=O) groups excluding carboxylic acids is 1.